The number of hydrogen-bond acceptors (Lipinski definition) is 4. The monoisotopic (exact) mass is 391 g/mol. The van der Waals surface area contributed by atoms with Crippen LogP contribution in [0.3, 0.4) is 0 Å². The Morgan fingerprint density at radius 1 is 1.12 bits per heavy atom. The molecule has 0 saturated carbocycles. The number of carboxylic acid groups (broad SMARTS) is 1. The van der Waals surface area contributed by atoms with Gasteiger partial charge in [0.15, 0.2) is 0 Å². The van der Waals surface area contributed by atoms with Gasteiger partial charge in [-0.05, 0) is 35.9 Å². The number of aliphatic carboxylic acids is 1. The number of carbonyl (C=O) groups is 2. The Morgan fingerprint density at radius 3 is 2.42 bits per heavy atom. The van der Waals surface area contributed by atoms with Crippen LogP contribution in [-0.2, 0) is 16.1 Å². The number of methoxy groups -OCH3 is 1. The first-order chi connectivity index (χ1) is 11.5. The summed E-state index contributed by atoms with van der Waals surface area (Å²) in [5, 5.41) is 8.99. The lowest BCUT2D eigenvalue weighted by Crippen LogP contribution is -2.26. The van der Waals surface area contributed by atoms with Gasteiger partial charge in [-0.1, -0.05) is 34.1 Å². The van der Waals surface area contributed by atoms with Crippen molar-refractivity contribution in [1.82, 2.24) is 0 Å². The van der Waals surface area contributed by atoms with Crippen molar-refractivity contribution < 1.29 is 19.4 Å². The van der Waals surface area contributed by atoms with E-state index in [1.54, 1.807) is 12.1 Å². The Balaban J connectivity index is 2.30. The zero-order chi connectivity index (χ0) is 17.5. The summed E-state index contributed by atoms with van der Waals surface area (Å²) in [5.41, 5.74) is 2.16. The molecular weight excluding hydrogens is 374 g/mol. The van der Waals surface area contributed by atoms with Crippen LogP contribution in [0.5, 0.6) is 0 Å². The summed E-state index contributed by atoms with van der Waals surface area (Å²) in [7, 11) is 1.34. The van der Waals surface area contributed by atoms with Gasteiger partial charge < -0.3 is 14.7 Å². The van der Waals surface area contributed by atoms with E-state index >= 15 is 0 Å². The van der Waals surface area contributed by atoms with Crippen LogP contribution < -0.4 is 4.90 Å². The lowest BCUT2D eigenvalue weighted by atomic mass is 10.1. The standard InChI is InChI=1S/C18H18BrNO4/c1-24-18(23)16-5-3-2-4-13(16)12-20(11-10-17(21)22)15-8-6-14(19)7-9-15/h2-9H,10-12H2,1H3,(H,21,22). The molecule has 0 aromatic heterocycles. The van der Waals surface area contributed by atoms with Crippen molar-refractivity contribution in [3.63, 3.8) is 0 Å². The molecule has 0 heterocycles. The molecule has 0 spiro atoms. The summed E-state index contributed by atoms with van der Waals surface area (Å²) in [6.45, 7) is 0.757. The Bertz CT molecular complexity index is 715. The van der Waals surface area contributed by atoms with E-state index < -0.39 is 11.9 Å². The quantitative estimate of drug-likeness (QED) is 0.728. The Morgan fingerprint density at radius 2 is 1.79 bits per heavy atom. The van der Waals surface area contributed by atoms with Gasteiger partial charge in [-0.2, -0.15) is 0 Å². The number of ether oxygens (including phenoxy) is 1. The molecule has 0 aliphatic rings. The minimum absolute atomic E-state index is 0.0104. The first-order valence-corrected chi connectivity index (χ1v) is 8.19. The Hall–Kier alpha value is -2.34. The van der Waals surface area contributed by atoms with Crippen LogP contribution in [0.1, 0.15) is 22.3 Å². The van der Waals surface area contributed by atoms with Gasteiger partial charge in [-0.15, -0.1) is 0 Å². The number of hydrogen-bond donors (Lipinski definition) is 1. The third kappa shape index (κ3) is 4.83. The summed E-state index contributed by atoms with van der Waals surface area (Å²) in [6.07, 6.45) is 0.0104. The number of benzene rings is 2. The van der Waals surface area contributed by atoms with Gasteiger partial charge in [0, 0.05) is 23.2 Å². The largest absolute Gasteiger partial charge is 0.481 e. The van der Waals surface area contributed by atoms with Gasteiger partial charge in [-0.3, -0.25) is 4.79 Å². The van der Waals surface area contributed by atoms with Crippen molar-refractivity contribution in [3.8, 4) is 0 Å². The molecule has 5 nitrogen and oxygen atoms in total. The zero-order valence-electron chi connectivity index (χ0n) is 13.2. The van der Waals surface area contributed by atoms with E-state index in [2.05, 4.69) is 15.9 Å². The number of nitrogens with zero attached hydrogens (tertiary/aromatic N) is 1. The van der Waals surface area contributed by atoms with Crippen molar-refractivity contribution in [1.29, 1.82) is 0 Å². The van der Waals surface area contributed by atoms with Crippen molar-refractivity contribution in [2.45, 2.75) is 13.0 Å². The second-order valence-electron chi connectivity index (χ2n) is 5.19. The SMILES string of the molecule is COC(=O)c1ccccc1CN(CCC(=O)O)c1ccc(Br)cc1. The van der Waals surface area contributed by atoms with Crippen molar-refractivity contribution in [2.75, 3.05) is 18.6 Å². The molecule has 2 aromatic rings. The van der Waals surface area contributed by atoms with E-state index in [1.807, 2.05) is 41.3 Å². The lowest BCUT2D eigenvalue weighted by molar-refractivity contribution is -0.136. The fourth-order valence-electron chi connectivity index (χ4n) is 2.35. The molecule has 0 bridgehead atoms. The first-order valence-electron chi connectivity index (χ1n) is 7.40. The molecule has 0 aliphatic carbocycles. The maximum Gasteiger partial charge on any atom is 0.338 e. The molecule has 0 aliphatic heterocycles. The number of carbonyl (C=O) groups excluding carboxylic acids is 1. The summed E-state index contributed by atoms with van der Waals surface area (Å²) in [6, 6.07) is 14.8. The second kappa shape index (κ2) is 8.49. The smallest absolute Gasteiger partial charge is 0.338 e. The molecule has 0 saturated heterocycles. The minimum atomic E-state index is -0.863. The normalized spacial score (nSPS) is 10.2. The molecule has 0 atom stereocenters. The fourth-order valence-corrected chi connectivity index (χ4v) is 2.62. The predicted molar refractivity (Wildman–Crippen MR) is 95.2 cm³/mol. The van der Waals surface area contributed by atoms with Gasteiger partial charge in [-0.25, -0.2) is 4.79 Å². The molecule has 0 radical (unpaired) electrons. The summed E-state index contributed by atoms with van der Waals surface area (Å²) >= 11 is 3.39. The Kier molecular flexibility index (Phi) is 6.37. The van der Waals surface area contributed by atoms with Crippen LogP contribution in [0.2, 0.25) is 0 Å². The molecule has 1 N–H and O–H groups in total. The number of anilines is 1. The number of carboxylic acids is 1. The van der Waals surface area contributed by atoms with E-state index in [4.69, 9.17) is 9.84 Å². The molecule has 24 heavy (non-hydrogen) atoms. The molecule has 2 aromatic carbocycles. The minimum Gasteiger partial charge on any atom is -0.481 e. The van der Waals surface area contributed by atoms with Gasteiger partial charge in [0.2, 0.25) is 0 Å². The fraction of sp³-hybridized carbons (Fsp3) is 0.222. The maximum absolute atomic E-state index is 11.9. The average Bonchev–Trinajstić information content (AvgIpc) is 2.59. The van der Waals surface area contributed by atoms with E-state index in [0.29, 0.717) is 18.7 Å². The van der Waals surface area contributed by atoms with Gasteiger partial charge in [0.05, 0.1) is 19.1 Å². The van der Waals surface area contributed by atoms with Gasteiger partial charge in [0.25, 0.3) is 0 Å². The van der Waals surface area contributed by atoms with Crippen LogP contribution in [0.4, 0.5) is 5.69 Å². The average molecular weight is 392 g/mol. The number of halogens is 1. The molecule has 0 amide bonds. The Labute approximate surface area is 149 Å². The summed E-state index contributed by atoms with van der Waals surface area (Å²) in [4.78, 5) is 24.8. The second-order valence-corrected chi connectivity index (χ2v) is 6.11. The van der Waals surface area contributed by atoms with Crippen molar-refractivity contribution in [2.24, 2.45) is 0 Å². The van der Waals surface area contributed by atoms with Gasteiger partial charge >= 0.3 is 11.9 Å². The van der Waals surface area contributed by atoms with Crippen LogP contribution in [-0.4, -0.2) is 30.7 Å². The van der Waals surface area contributed by atoms with Crippen LogP contribution in [0.15, 0.2) is 53.0 Å². The molecule has 126 valence electrons. The highest BCUT2D eigenvalue weighted by Crippen LogP contribution is 2.22. The molecule has 0 unspecified atom stereocenters. The number of rotatable bonds is 7. The maximum atomic E-state index is 11.9. The van der Waals surface area contributed by atoms with E-state index in [1.165, 1.54) is 7.11 Å². The number of esters is 1. The van der Waals surface area contributed by atoms with Crippen molar-refractivity contribution in [3.05, 3.63) is 64.1 Å². The molecule has 6 heteroatoms. The first kappa shape index (κ1) is 18.0. The summed E-state index contributed by atoms with van der Waals surface area (Å²) < 4.78 is 5.76. The third-order valence-electron chi connectivity index (χ3n) is 3.57. The highest BCUT2D eigenvalue weighted by Gasteiger charge is 2.15. The highest BCUT2D eigenvalue weighted by atomic mass is 79.9. The van der Waals surface area contributed by atoms with E-state index in [-0.39, 0.29) is 6.42 Å². The van der Waals surface area contributed by atoms with E-state index in [9.17, 15) is 9.59 Å². The third-order valence-corrected chi connectivity index (χ3v) is 4.10. The zero-order valence-corrected chi connectivity index (χ0v) is 14.8. The lowest BCUT2D eigenvalue weighted by Gasteiger charge is -2.25. The summed E-state index contributed by atoms with van der Waals surface area (Å²) in [5.74, 6) is -1.27. The predicted octanol–water partition coefficient (Wildman–Crippen LogP) is 3.72. The van der Waals surface area contributed by atoms with Crippen LogP contribution in [0.25, 0.3) is 0 Å². The van der Waals surface area contributed by atoms with Crippen LogP contribution >= 0.6 is 15.9 Å². The van der Waals surface area contributed by atoms with Gasteiger partial charge in [0.1, 0.15) is 0 Å². The highest BCUT2D eigenvalue weighted by molar-refractivity contribution is 9.10. The van der Waals surface area contributed by atoms with Crippen LogP contribution in [0, 0.1) is 0 Å². The molecular formula is C18H18BrNO4. The van der Waals surface area contributed by atoms with E-state index in [0.717, 1.165) is 15.7 Å². The molecule has 2 rings (SSSR count). The van der Waals surface area contributed by atoms with Crippen molar-refractivity contribution >= 4 is 33.6 Å². The molecule has 0 fully saturated rings. The topological polar surface area (TPSA) is 66.8 Å².